The van der Waals surface area contributed by atoms with Gasteiger partial charge >= 0.3 is 44.1 Å². The van der Waals surface area contributed by atoms with E-state index < -0.39 is 7.37 Å². The molecule has 0 aliphatic carbocycles. The first-order valence-electron chi connectivity index (χ1n) is 14.0. The molecule has 0 aromatic heterocycles. The van der Waals surface area contributed by atoms with Gasteiger partial charge in [-0.2, -0.15) is 0 Å². The van der Waals surface area contributed by atoms with Gasteiger partial charge in [0.1, 0.15) is 0 Å². The summed E-state index contributed by atoms with van der Waals surface area (Å²) >= 11 is 1.70. The third-order valence-corrected chi connectivity index (χ3v) is 9.15. The fourth-order valence-electron chi connectivity index (χ4n) is 3.62. The molecular formula is C27H58O3PTi. The van der Waals surface area contributed by atoms with Crippen LogP contribution in [0.2, 0.25) is 0 Å². The van der Waals surface area contributed by atoms with E-state index in [9.17, 15) is 4.57 Å². The van der Waals surface area contributed by atoms with Gasteiger partial charge in [-0.3, -0.25) is 4.57 Å². The van der Waals surface area contributed by atoms with Gasteiger partial charge in [-0.1, -0.05) is 117 Å². The molecule has 0 spiro atoms. The minimum absolute atomic E-state index is 0.384. The van der Waals surface area contributed by atoms with Crippen LogP contribution in [0.15, 0.2) is 0 Å². The molecule has 0 rings (SSSR count). The Bertz CT molecular complexity index is 371. The van der Waals surface area contributed by atoms with E-state index in [1.54, 1.807) is 20.8 Å². The van der Waals surface area contributed by atoms with Gasteiger partial charge in [0.15, 0.2) is 0 Å². The molecule has 0 aromatic rings. The van der Waals surface area contributed by atoms with E-state index in [1.165, 1.54) is 96.3 Å². The Hall–Kier alpha value is 0.864. The van der Waals surface area contributed by atoms with Crippen LogP contribution in [0.5, 0.6) is 0 Å². The Morgan fingerprint density at radius 1 is 0.594 bits per heavy atom. The summed E-state index contributed by atoms with van der Waals surface area (Å²) in [4.78, 5) is 0. The smallest absolute Gasteiger partial charge is 0.203 e. The molecule has 0 fully saturated rings. The first-order valence-corrected chi connectivity index (χ1v) is 16.6. The van der Waals surface area contributed by atoms with Gasteiger partial charge < -0.3 is 4.52 Å². The molecule has 0 unspecified atom stereocenters. The first-order chi connectivity index (χ1) is 15.5. The monoisotopic (exact) mass is 509 g/mol. The van der Waals surface area contributed by atoms with Crippen LogP contribution in [0.3, 0.4) is 0 Å². The van der Waals surface area contributed by atoms with Crippen LogP contribution in [0, 0.1) is 0 Å². The second-order valence-electron chi connectivity index (χ2n) is 9.56. The van der Waals surface area contributed by atoms with Gasteiger partial charge in [-0.25, -0.2) is 0 Å². The number of unbranched alkanes of at least 4 members (excludes halogenated alkanes) is 15. The minimum atomic E-state index is -2.39. The standard InChI is InChI=1S/C24H51O2P.C3H7O.Ti/c1-4-7-10-13-16-19-22-26-27(25,23-20-17-14-11-8-5-2)24-21-18-15-12-9-6-3;1-3(2)4;/h4-24H2,1-3H3;3H,1-2H3;/q;-1;+1. The molecule has 3 nitrogen and oxygen atoms in total. The summed E-state index contributed by atoms with van der Waals surface area (Å²) in [6.45, 7) is 11.5. The van der Waals surface area contributed by atoms with Crippen LogP contribution in [0.25, 0.3) is 0 Å². The average Bonchev–Trinajstić information content (AvgIpc) is 2.78. The van der Waals surface area contributed by atoms with Gasteiger partial charge in [0, 0.05) is 12.3 Å². The quantitative estimate of drug-likeness (QED) is 0.0781. The zero-order chi connectivity index (χ0) is 24.3. The Balaban J connectivity index is 0. The van der Waals surface area contributed by atoms with Gasteiger partial charge in [-0.15, -0.1) is 0 Å². The SMILES string of the molecule is CC(C)[O][Ti].CCCCCCCCOP(=O)(CCCCCCCC)CCCCCCCC. The third-order valence-electron chi connectivity index (χ3n) is 5.76. The molecule has 0 N–H and O–H groups in total. The van der Waals surface area contributed by atoms with E-state index in [0.29, 0.717) is 6.10 Å². The van der Waals surface area contributed by atoms with Gasteiger partial charge in [-0.05, 0) is 19.3 Å². The van der Waals surface area contributed by atoms with Crippen LogP contribution in [0.1, 0.15) is 150 Å². The van der Waals surface area contributed by atoms with Crippen LogP contribution < -0.4 is 0 Å². The fourth-order valence-corrected chi connectivity index (χ4v) is 5.97. The van der Waals surface area contributed by atoms with Crippen molar-refractivity contribution in [2.75, 3.05) is 18.9 Å². The zero-order valence-corrected chi connectivity index (χ0v) is 25.1. The van der Waals surface area contributed by atoms with Crippen molar-refractivity contribution >= 4 is 7.37 Å². The van der Waals surface area contributed by atoms with Gasteiger partial charge in [0.25, 0.3) is 0 Å². The van der Waals surface area contributed by atoms with Crippen molar-refractivity contribution in [1.82, 2.24) is 0 Å². The normalized spacial score (nSPS) is 11.5. The van der Waals surface area contributed by atoms with Crippen LogP contribution in [-0.2, 0) is 33.2 Å². The maximum Gasteiger partial charge on any atom is 0.203 e. The van der Waals surface area contributed by atoms with Crippen molar-refractivity contribution < 1.29 is 33.2 Å². The molecular weight excluding hydrogens is 451 g/mol. The first kappa shape index (κ1) is 35.0. The summed E-state index contributed by atoms with van der Waals surface area (Å²) in [6, 6.07) is 0. The number of hydrogen-bond acceptors (Lipinski definition) is 3. The Morgan fingerprint density at radius 2 is 0.906 bits per heavy atom. The molecule has 0 atom stereocenters. The third kappa shape index (κ3) is 28.9. The maximum absolute atomic E-state index is 13.3. The largest absolute Gasteiger partial charge is 0.328 e. The summed E-state index contributed by atoms with van der Waals surface area (Å²) in [5.41, 5.74) is 0. The van der Waals surface area contributed by atoms with E-state index in [4.69, 9.17) is 7.84 Å². The molecule has 0 saturated carbocycles. The van der Waals surface area contributed by atoms with E-state index in [1.807, 2.05) is 13.8 Å². The van der Waals surface area contributed by atoms with Crippen molar-refractivity contribution in [2.24, 2.45) is 0 Å². The van der Waals surface area contributed by atoms with Crippen molar-refractivity contribution in [2.45, 2.75) is 156 Å². The summed E-state index contributed by atoms with van der Waals surface area (Å²) in [7, 11) is -2.39. The van der Waals surface area contributed by atoms with Crippen molar-refractivity contribution in [3.63, 3.8) is 0 Å². The molecule has 193 valence electrons. The predicted octanol–water partition coefficient (Wildman–Crippen LogP) is 10.2. The van der Waals surface area contributed by atoms with Crippen molar-refractivity contribution in [1.29, 1.82) is 0 Å². The fraction of sp³-hybridized carbons (Fsp3) is 1.00. The molecule has 0 aliphatic rings. The molecule has 0 bridgehead atoms. The molecule has 0 saturated heterocycles. The van der Waals surface area contributed by atoms with Crippen LogP contribution in [0.4, 0.5) is 0 Å². The van der Waals surface area contributed by atoms with Gasteiger partial charge in [0.05, 0.1) is 6.61 Å². The van der Waals surface area contributed by atoms with E-state index in [-0.39, 0.29) is 0 Å². The second kappa shape index (κ2) is 28.1. The summed E-state index contributed by atoms with van der Waals surface area (Å²) in [5.74, 6) is 0. The maximum atomic E-state index is 13.3. The van der Waals surface area contributed by atoms with E-state index >= 15 is 0 Å². The molecule has 0 aliphatic heterocycles. The molecule has 5 heteroatoms. The topological polar surface area (TPSA) is 35.5 Å². The molecule has 0 radical (unpaired) electrons. The Kier molecular flexibility index (Phi) is 30.8. The molecule has 0 heterocycles. The van der Waals surface area contributed by atoms with Gasteiger partial charge in [0.2, 0.25) is 7.37 Å². The summed E-state index contributed by atoms with van der Waals surface area (Å²) in [5, 5.41) is 0. The number of hydrogen-bond donors (Lipinski definition) is 0. The Labute approximate surface area is 215 Å². The minimum Gasteiger partial charge on any atom is -0.328 e. The van der Waals surface area contributed by atoms with Crippen LogP contribution >= 0.6 is 7.37 Å². The molecule has 0 amide bonds. The second-order valence-corrected chi connectivity index (χ2v) is 12.7. The predicted molar refractivity (Wildman–Crippen MR) is 140 cm³/mol. The van der Waals surface area contributed by atoms with Crippen LogP contribution in [-0.4, -0.2) is 25.0 Å². The summed E-state index contributed by atoms with van der Waals surface area (Å²) < 4.78 is 24.1. The van der Waals surface area contributed by atoms with Crippen molar-refractivity contribution in [3.8, 4) is 0 Å². The molecule has 32 heavy (non-hydrogen) atoms. The molecule has 0 aromatic carbocycles. The van der Waals surface area contributed by atoms with Crippen molar-refractivity contribution in [3.05, 3.63) is 0 Å². The zero-order valence-electron chi connectivity index (χ0n) is 22.6. The Morgan fingerprint density at radius 3 is 1.25 bits per heavy atom. The van der Waals surface area contributed by atoms with E-state index in [2.05, 4.69) is 20.8 Å². The summed E-state index contributed by atoms with van der Waals surface area (Å²) in [6.07, 6.45) is 24.7. The number of rotatable bonds is 23. The van der Waals surface area contributed by atoms with E-state index in [0.717, 1.165) is 38.2 Å². The average molecular weight is 510 g/mol.